The van der Waals surface area contributed by atoms with E-state index < -0.39 is 30.2 Å². The molecule has 1 fully saturated rings. The monoisotopic (exact) mass is 412 g/mol. The Hall–Kier alpha value is -1.93. The number of alkyl halides is 6. The SMILES string of the molecule is CCCC1CCC(OC(=O)c2ccc(OC(F)(F)C(F)C(F)(F)F)cc2)CC1. The summed E-state index contributed by atoms with van der Waals surface area (Å²) in [4.78, 5) is 12.1. The second kappa shape index (κ2) is 9.05. The molecule has 0 bridgehead atoms. The predicted molar refractivity (Wildman–Crippen MR) is 89.0 cm³/mol. The van der Waals surface area contributed by atoms with Gasteiger partial charge >= 0.3 is 18.3 Å². The molecule has 0 heterocycles. The van der Waals surface area contributed by atoms with Crippen LogP contribution in [0.4, 0.5) is 26.3 Å². The summed E-state index contributed by atoms with van der Waals surface area (Å²) in [5.74, 6) is -0.724. The van der Waals surface area contributed by atoms with Gasteiger partial charge in [-0.2, -0.15) is 22.0 Å². The lowest BCUT2D eigenvalue weighted by Gasteiger charge is -2.28. The number of carbonyl (C=O) groups is 1. The molecule has 0 spiro atoms. The van der Waals surface area contributed by atoms with E-state index >= 15 is 0 Å². The van der Waals surface area contributed by atoms with Crippen molar-refractivity contribution in [2.75, 3.05) is 0 Å². The van der Waals surface area contributed by atoms with Crippen LogP contribution in [-0.4, -0.2) is 30.5 Å². The van der Waals surface area contributed by atoms with Crippen LogP contribution in [0.15, 0.2) is 24.3 Å². The summed E-state index contributed by atoms with van der Waals surface area (Å²) in [6.07, 6.45) is -9.85. The Labute approximate surface area is 159 Å². The highest BCUT2D eigenvalue weighted by molar-refractivity contribution is 5.89. The lowest BCUT2D eigenvalue weighted by Crippen LogP contribution is -2.45. The highest BCUT2D eigenvalue weighted by Crippen LogP contribution is 2.36. The van der Waals surface area contributed by atoms with Crippen LogP contribution in [0.3, 0.4) is 0 Å². The van der Waals surface area contributed by atoms with Crippen LogP contribution in [-0.2, 0) is 4.74 Å². The molecule has 28 heavy (non-hydrogen) atoms. The Bertz CT molecular complexity index is 636. The van der Waals surface area contributed by atoms with E-state index in [-0.39, 0.29) is 11.7 Å². The summed E-state index contributed by atoms with van der Waals surface area (Å²) in [5, 5.41) is 0. The molecule has 0 amide bonds. The Kier molecular flexibility index (Phi) is 7.22. The fraction of sp³-hybridized carbons (Fsp3) is 0.632. The van der Waals surface area contributed by atoms with Gasteiger partial charge in [0.25, 0.3) is 6.17 Å². The molecule has 0 N–H and O–H groups in total. The highest BCUT2D eigenvalue weighted by Gasteiger charge is 2.59. The molecular weight excluding hydrogens is 390 g/mol. The maximum Gasteiger partial charge on any atom is 0.439 e. The zero-order valence-corrected chi connectivity index (χ0v) is 15.3. The van der Waals surface area contributed by atoms with Gasteiger partial charge in [0.15, 0.2) is 0 Å². The molecule has 1 aromatic rings. The lowest BCUT2D eigenvalue weighted by molar-refractivity contribution is -0.304. The Morgan fingerprint density at radius 3 is 2.14 bits per heavy atom. The van der Waals surface area contributed by atoms with Gasteiger partial charge in [0.2, 0.25) is 0 Å². The Balaban J connectivity index is 1.91. The molecule has 1 aliphatic rings. The number of rotatable bonds is 7. The molecule has 0 radical (unpaired) electrons. The smallest absolute Gasteiger partial charge is 0.439 e. The third-order valence-corrected chi connectivity index (χ3v) is 4.69. The standard InChI is InChI=1S/C19H22F6O3/c1-2-3-12-4-8-14(9-5-12)27-16(26)13-6-10-15(11-7-13)28-19(24,25)17(20)18(21,22)23/h6-7,10-12,14,17H,2-5,8-9H2,1H3. The van der Waals surface area contributed by atoms with E-state index in [0.29, 0.717) is 5.92 Å². The van der Waals surface area contributed by atoms with Crippen LogP contribution in [0, 0.1) is 5.92 Å². The fourth-order valence-electron chi connectivity index (χ4n) is 3.22. The summed E-state index contributed by atoms with van der Waals surface area (Å²) in [5.41, 5.74) is 0.0407. The second-order valence-electron chi connectivity index (χ2n) is 6.93. The van der Waals surface area contributed by atoms with Crippen molar-refractivity contribution < 1.29 is 40.6 Å². The van der Waals surface area contributed by atoms with Crippen molar-refractivity contribution in [3.8, 4) is 5.75 Å². The number of esters is 1. The van der Waals surface area contributed by atoms with Crippen LogP contribution >= 0.6 is 0 Å². The van der Waals surface area contributed by atoms with E-state index in [1.165, 1.54) is 0 Å². The van der Waals surface area contributed by atoms with Gasteiger partial charge in [-0.1, -0.05) is 19.8 Å². The van der Waals surface area contributed by atoms with Gasteiger partial charge in [0.05, 0.1) is 5.56 Å². The van der Waals surface area contributed by atoms with Gasteiger partial charge in [-0.3, -0.25) is 0 Å². The van der Waals surface area contributed by atoms with Crippen molar-refractivity contribution in [1.82, 2.24) is 0 Å². The molecule has 0 aromatic heterocycles. The van der Waals surface area contributed by atoms with Gasteiger partial charge in [0.1, 0.15) is 11.9 Å². The number of benzene rings is 1. The van der Waals surface area contributed by atoms with Gasteiger partial charge in [0, 0.05) is 0 Å². The first-order valence-corrected chi connectivity index (χ1v) is 9.11. The maximum absolute atomic E-state index is 13.2. The van der Waals surface area contributed by atoms with Crippen molar-refractivity contribution >= 4 is 5.97 Å². The minimum atomic E-state index is -5.76. The van der Waals surface area contributed by atoms with Crippen molar-refractivity contribution in [3.63, 3.8) is 0 Å². The quantitative estimate of drug-likeness (QED) is 0.403. The van der Waals surface area contributed by atoms with Crippen LogP contribution in [0.25, 0.3) is 0 Å². The molecule has 158 valence electrons. The van der Waals surface area contributed by atoms with Crippen LogP contribution in [0.5, 0.6) is 5.75 Å². The number of ether oxygens (including phenoxy) is 2. The molecule has 1 aliphatic carbocycles. The van der Waals surface area contributed by atoms with E-state index in [9.17, 15) is 31.1 Å². The van der Waals surface area contributed by atoms with Crippen molar-refractivity contribution in [2.24, 2.45) is 5.92 Å². The zero-order chi connectivity index (χ0) is 20.9. The lowest BCUT2D eigenvalue weighted by atomic mass is 9.85. The predicted octanol–water partition coefficient (Wildman–Crippen LogP) is 6.07. The zero-order valence-electron chi connectivity index (χ0n) is 15.3. The number of hydrogen-bond acceptors (Lipinski definition) is 3. The summed E-state index contributed by atoms with van der Waals surface area (Å²) in [6, 6.07) is 3.89. The summed E-state index contributed by atoms with van der Waals surface area (Å²) >= 11 is 0. The van der Waals surface area contributed by atoms with E-state index in [1.807, 2.05) is 0 Å². The Morgan fingerprint density at radius 2 is 1.64 bits per heavy atom. The van der Waals surface area contributed by atoms with E-state index in [2.05, 4.69) is 11.7 Å². The minimum absolute atomic E-state index is 0.0407. The first-order chi connectivity index (χ1) is 13.0. The van der Waals surface area contributed by atoms with E-state index in [0.717, 1.165) is 62.8 Å². The van der Waals surface area contributed by atoms with Crippen molar-refractivity contribution in [3.05, 3.63) is 29.8 Å². The van der Waals surface area contributed by atoms with Crippen LogP contribution in [0.1, 0.15) is 55.8 Å². The normalized spacial score (nSPS) is 21.8. The van der Waals surface area contributed by atoms with Gasteiger partial charge < -0.3 is 9.47 Å². The second-order valence-corrected chi connectivity index (χ2v) is 6.93. The molecular formula is C19H22F6O3. The van der Waals surface area contributed by atoms with Crippen LogP contribution < -0.4 is 4.74 Å². The molecule has 2 rings (SSSR count). The number of halogens is 6. The molecule has 9 heteroatoms. The molecule has 1 aromatic carbocycles. The molecule has 0 saturated heterocycles. The van der Waals surface area contributed by atoms with Gasteiger partial charge in [-0.05, 0) is 55.9 Å². The molecule has 3 nitrogen and oxygen atoms in total. The summed E-state index contributed by atoms with van der Waals surface area (Å²) in [7, 11) is 0. The Morgan fingerprint density at radius 1 is 1.07 bits per heavy atom. The average molecular weight is 412 g/mol. The number of carbonyl (C=O) groups excluding carboxylic acids is 1. The summed E-state index contributed by atoms with van der Waals surface area (Å²) in [6.45, 7) is 2.12. The highest BCUT2D eigenvalue weighted by atomic mass is 19.4. The van der Waals surface area contributed by atoms with E-state index in [4.69, 9.17) is 4.74 Å². The first kappa shape index (κ1) is 22.4. The van der Waals surface area contributed by atoms with Gasteiger partial charge in [-0.15, -0.1) is 0 Å². The molecule has 1 saturated carbocycles. The molecule has 1 unspecified atom stereocenters. The van der Waals surface area contributed by atoms with Crippen LogP contribution in [0.2, 0.25) is 0 Å². The molecule has 0 aliphatic heterocycles. The third-order valence-electron chi connectivity index (χ3n) is 4.69. The summed E-state index contributed by atoms with van der Waals surface area (Å²) < 4.78 is 84.9. The van der Waals surface area contributed by atoms with E-state index in [1.54, 1.807) is 0 Å². The third kappa shape index (κ3) is 6.04. The van der Waals surface area contributed by atoms with Gasteiger partial charge in [-0.25, -0.2) is 9.18 Å². The topological polar surface area (TPSA) is 35.5 Å². The van der Waals surface area contributed by atoms with Crippen molar-refractivity contribution in [2.45, 2.75) is 70.0 Å². The fourth-order valence-corrected chi connectivity index (χ4v) is 3.22. The average Bonchev–Trinajstić information content (AvgIpc) is 2.62. The molecule has 1 atom stereocenters. The largest absolute Gasteiger partial charge is 0.459 e. The number of hydrogen-bond donors (Lipinski definition) is 0. The maximum atomic E-state index is 13.2. The van der Waals surface area contributed by atoms with Crippen molar-refractivity contribution in [1.29, 1.82) is 0 Å². The minimum Gasteiger partial charge on any atom is -0.459 e. The first-order valence-electron chi connectivity index (χ1n) is 9.11.